The molecule has 1 unspecified atom stereocenters. The number of carbonyl (C=O) groups is 3. The van der Waals surface area contributed by atoms with Crippen LogP contribution in [-0.2, 0) is 9.59 Å². The van der Waals surface area contributed by atoms with E-state index in [0.717, 1.165) is 31.7 Å². The van der Waals surface area contributed by atoms with Gasteiger partial charge in [-0.2, -0.15) is 0 Å². The number of rotatable bonds is 6. The van der Waals surface area contributed by atoms with Crippen LogP contribution in [0.2, 0.25) is 0 Å². The van der Waals surface area contributed by atoms with E-state index in [-0.39, 0.29) is 17.5 Å². The SMILES string of the molecule is Cc1occc1C(=O)Nc1cc(NC(=O)C(C)NC(=O)C2CCCC2)ccc1F. The Morgan fingerprint density at radius 2 is 1.86 bits per heavy atom. The molecule has 1 fully saturated rings. The van der Waals surface area contributed by atoms with E-state index in [0.29, 0.717) is 17.0 Å². The second-order valence-corrected chi connectivity index (χ2v) is 7.24. The van der Waals surface area contributed by atoms with Crippen LogP contribution in [0.5, 0.6) is 0 Å². The molecule has 1 aromatic carbocycles. The number of amides is 3. The highest BCUT2D eigenvalue weighted by Crippen LogP contribution is 2.25. The monoisotopic (exact) mass is 401 g/mol. The van der Waals surface area contributed by atoms with Gasteiger partial charge in [0.2, 0.25) is 11.8 Å². The second kappa shape index (κ2) is 8.89. The molecule has 0 radical (unpaired) electrons. The van der Waals surface area contributed by atoms with Crippen LogP contribution < -0.4 is 16.0 Å². The van der Waals surface area contributed by atoms with Crippen molar-refractivity contribution in [3.63, 3.8) is 0 Å². The second-order valence-electron chi connectivity index (χ2n) is 7.24. The summed E-state index contributed by atoms with van der Waals surface area (Å²) >= 11 is 0. The summed E-state index contributed by atoms with van der Waals surface area (Å²) in [6.45, 7) is 3.22. The molecule has 7 nitrogen and oxygen atoms in total. The number of carbonyl (C=O) groups excluding carboxylic acids is 3. The molecule has 3 amide bonds. The van der Waals surface area contributed by atoms with E-state index in [2.05, 4.69) is 16.0 Å². The molecular weight excluding hydrogens is 377 g/mol. The Kier molecular flexibility index (Phi) is 6.31. The minimum Gasteiger partial charge on any atom is -0.469 e. The van der Waals surface area contributed by atoms with Crippen molar-refractivity contribution in [3.8, 4) is 0 Å². The number of anilines is 2. The Hall–Kier alpha value is -3.16. The van der Waals surface area contributed by atoms with Crippen molar-refractivity contribution >= 4 is 29.1 Å². The molecule has 0 saturated heterocycles. The average molecular weight is 401 g/mol. The number of benzene rings is 1. The molecule has 154 valence electrons. The van der Waals surface area contributed by atoms with Crippen LogP contribution in [0.4, 0.5) is 15.8 Å². The quantitative estimate of drug-likeness (QED) is 0.688. The highest BCUT2D eigenvalue weighted by Gasteiger charge is 2.25. The molecule has 0 aliphatic heterocycles. The van der Waals surface area contributed by atoms with Crippen LogP contribution in [0.15, 0.2) is 34.9 Å². The fourth-order valence-electron chi connectivity index (χ4n) is 3.34. The molecule has 8 heteroatoms. The van der Waals surface area contributed by atoms with E-state index in [1.165, 1.54) is 24.5 Å². The number of nitrogens with one attached hydrogen (secondary N) is 3. The van der Waals surface area contributed by atoms with Crippen molar-refractivity contribution in [2.45, 2.75) is 45.6 Å². The first-order valence-electron chi connectivity index (χ1n) is 9.61. The van der Waals surface area contributed by atoms with E-state index in [1.807, 2.05) is 0 Å². The van der Waals surface area contributed by atoms with Crippen molar-refractivity contribution in [2.75, 3.05) is 10.6 Å². The van der Waals surface area contributed by atoms with E-state index in [1.54, 1.807) is 13.8 Å². The zero-order valence-corrected chi connectivity index (χ0v) is 16.4. The summed E-state index contributed by atoms with van der Waals surface area (Å²) < 4.78 is 19.2. The minimum atomic E-state index is -0.736. The fourth-order valence-corrected chi connectivity index (χ4v) is 3.34. The summed E-state index contributed by atoms with van der Waals surface area (Å²) in [6, 6.07) is 4.61. The number of halogens is 1. The van der Waals surface area contributed by atoms with Gasteiger partial charge in [0.15, 0.2) is 0 Å². The maximum atomic E-state index is 14.1. The lowest BCUT2D eigenvalue weighted by Crippen LogP contribution is -2.43. The van der Waals surface area contributed by atoms with E-state index in [9.17, 15) is 18.8 Å². The van der Waals surface area contributed by atoms with Gasteiger partial charge in [0.1, 0.15) is 17.6 Å². The lowest BCUT2D eigenvalue weighted by Gasteiger charge is -2.17. The number of furan rings is 1. The molecule has 3 rings (SSSR count). The van der Waals surface area contributed by atoms with Gasteiger partial charge < -0.3 is 20.4 Å². The number of aryl methyl sites for hydroxylation is 1. The topological polar surface area (TPSA) is 100 Å². The molecule has 1 aromatic heterocycles. The maximum absolute atomic E-state index is 14.1. The normalized spacial score (nSPS) is 15.0. The van der Waals surface area contributed by atoms with E-state index in [4.69, 9.17) is 4.42 Å². The van der Waals surface area contributed by atoms with Gasteiger partial charge >= 0.3 is 0 Å². The number of hydrogen-bond acceptors (Lipinski definition) is 4. The zero-order chi connectivity index (χ0) is 21.0. The maximum Gasteiger partial charge on any atom is 0.259 e. The summed E-state index contributed by atoms with van der Waals surface area (Å²) in [6.07, 6.45) is 5.12. The predicted octanol–water partition coefficient (Wildman–Crippen LogP) is 3.61. The highest BCUT2D eigenvalue weighted by atomic mass is 19.1. The molecule has 3 N–H and O–H groups in total. The molecule has 0 bridgehead atoms. The molecule has 0 spiro atoms. The molecule has 2 aromatic rings. The average Bonchev–Trinajstić information content (AvgIpc) is 3.36. The standard InChI is InChI=1S/C21H24FN3O4/c1-12(23-20(27)14-5-3-4-6-14)19(26)24-15-7-8-17(22)18(11-15)25-21(28)16-9-10-29-13(16)2/h7-12,14H,3-6H2,1-2H3,(H,23,27)(H,24,26)(H,25,28). The van der Waals surface area contributed by atoms with Gasteiger partial charge in [-0.25, -0.2) is 4.39 Å². The van der Waals surface area contributed by atoms with Crippen molar-refractivity contribution in [1.82, 2.24) is 5.32 Å². The number of hydrogen-bond donors (Lipinski definition) is 3. The Labute approximate surface area is 168 Å². The Bertz CT molecular complexity index is 918. The van der Waals surface area contributed by atoms with Crippen molar-refractivity contribution in [3.05, 3.63) is 47.7 Å². The molecule has 1 atom stereocenters. The van der Waals surface area contributed by atoms with Crippen molar-refractivity contribution < 1.29 is 23.2 Å². The summed E-state index contributed by atoms with van der Waals surface area (Å²) in [4.78, 5) is 36.8. The van der Waals surface area contributed by atoms with Crippen LogP contribution in [0, 0.1) is 18.7 Å². The van der Waals surface area contributed by atoms with Gasteiger partial charge in [-0.1, -0.05) is 12.8 Å². The van der Waals surface area contributed by atoms with E-state index >= 15 is 0 Å². The van der Waals surface area contributed by atoms with Gasteiger partial charge in [0.05, 0.1) is 17.5 Å². The third-order valence-electron chi connectivity index (χ3n) is 5.06. The smallest absolute Gasteiger partial charge is 0.259 e. The van der Waals surface area contributed by atoms with Crippen LogP contribution in [-0.4, -0.2) is 23.8 Å². The van der Waals surface area contributed by atoms with Crippen molar-refractivity contribution in [2.24, 2.45) is 5.92 Å². The van der Waals surface area contributed by atoms with Crippen LogP contribution in [0.25, 0.3) is 0 Å². The molecule has 1 aliphatic rings. The molecule has 29 heavy (non-hydrogen) atoms. The fraction of sp³-hybridized carbons (Fsp3) is 0.381. The molecule has 1 aliphatic carbocycles. The summed E-state index contributed by atoms with van der Waals surface area (Å²) in [5.74, 6) is -1.32. The van der Waals surface area contributed by atoms with Gasteiger partial charge in [0, 0.05) is 11.6 Å². The first-order valence-corrected chi connectivity index (χ1v) is 9.61. The first-order chi connectivity index (χ1) is 13.8. The largest absolute Gasteiger partial charge is 0.469 e. The molecule has 1 heterocycles. The summed E-state index contributed by atoms with van der Waals surface area (Å²) in [5.41, 5.74) is 0.524. The Balaban J connectivity index is 1.62. The van der Waals surface area contributed by atoms with Gasteiger partial charge in [-0.05, 0) is 51.0 Å². The van der Waals surface area contributed by atoms with Crippen LogP contribution in [0.1, 0.15) is 48.7 Å². The lowest BCUT2D eigenvalue weighted by molar-refractivity contribution is -0.128. The third kappa shape index (κ3) is 5.01. The van der Waals surface area contributed by atoms with E-state index < -0.39 is 23.7 Å². The third-order valence-corrected chi connectivity index (χ3v) is 5.06. The van der Waals surface area contributed by atoms with Crippen molar-refractivity contribution in [1.29, 1.82) is 0 Å². The van der Waals surface area contributed by atoms with Crippen LogP contribution >= 0.6 is 0 Å². The minimum absolute atomic E-state index is 0.0377. The predicted molar refractivity (Wildman–Crippen MR) is 106 cm³/mol. The zero-order valence-electron chi connectivity index (χ0n) is 16.4. The first kappa shape index (κ1) is 20.6. The van der Waals surface area contributed by atoms with Crippen LogP contribution in [0.3, 0.4) is 0 Å². The highest BCUT2D eigenvalue weighted by molar-refractivity contribution is 6.05. The summed E-state index contributed by atoms with van der Waals surface area (Å²) in [7, 11) is 0. The summed E-state index contributed by atoms with van der Waals surface area (Å²) in [5, 5.41) is 7.82. The Morgan fingerprint density at radius 1 is 1.14 bits per heavy atom. The Morgan fingerprint density at radius 3 is 2.52 bits per heavy atom. The van der Waals surface area contributed by atoms with Gasteiger partial charge in [0.25, 0.3) is 5.91 Å². The van der Waals surface area contributed by atoms with Gasteiger partial charge in [-0.15, -0.1) is 0 Å². The van der Waals surface area contributed by atoms with Gasteiger partial charge in [-0.3, -0.25) is 14.4 Å². The lowest BCUT2D eigenvalue weighted by atomic mass is 10.1. The molecule has 1 saturated carbocycles. The molecular formula is C21H24FN3O4.